The van der Waals surface area contributed by atoms with Gasteiger partial charge in [-0.05, 0) is 44.0 Å². The summed E-state index contributed by atoms with van der Waals surface area (Å²) in [7, 11) is 0. The Bertz CT molecular complexity index is 604. The predicted molar refractivity (Wildman–Crippen MR) is 86.3 cm³/mol. The van der Waals surface area contributed by atoms with E-state index in [-0.39, 0.29) is 11.9 Å². The number of carbonyl (C=O) groups excluding carboxylic acids is 1. The van der Waals surface area contributed by atoms with Gasteiger partial charge in [0.15, 0.2) is 0 Å². The van der Waals surface area contributed by atoms with Crippen molar-refractivity contribution in [3.05, 3.63) is 49.9 Å². The van der Waals surface area contributed by atoms with E-state index in [2.05, 4.69) is 33.2 Å². The van der Waals surface area contributed by atoms with Crippen molar-refractivity contribution in [1.29, 1.82) is 0 Å². The van der Waals surface area contributed by atoms with Crippen LogP contribution in [-0.4, -0.2) is 10.9 Å². The summed E-state index contributed by atoms with van der Waals surface area (Å²) in [5, 5.41) is 3.94. The van der Waals surface area contributed by atoms with E-state index in [9.17, 15) is 4.79 Å². The van der Waals surface area contributed by atoms with E-state index in [1.54, 1.807) is 11.3 Å². The molecule has 1 atom stereocenters. The van der Waals surface area contributed by atoms with Crippen molar-refractivity contribution in [1.82, 2.24) is 10.3 Å². The molecule has 20 heavy (non-hydrogen) atoms. The van der Waals surface area contributed by atoms with Gasteiger partial charge >= 0.3 is 0 Å². The van der Waals surface area contributed by atoms with E-state index in [0.29, 0.717) is 5.56 Å². The van der Waals surface area contributed by atoms with Crippen LogP contribution in [0.4, 0.5) is 0 Å². The van der Waals surface area contributed by atoms with Gasteiger partial charge in [0, 0.05) is 21.1 Å². The summed E-state index contributed by atoms with van der Waals surface area (Å²) in [6, 6.07) is 5.61. The number of nitrogens with one attached hydrogen (secondary N) is 1. The Morgan fingerprint density at radius 1 is 1.45 bits per heavy atom. The monoisotopic (exact) mass is 352 g/mol. The molecule has 0 saturated carbocycles. The lowest BCUT2D eigenvalue weighted by molar-refractivity contribution is 0.0939. The van der Waals surface area contributed by atoms with Crippen molar-refractivity contribution in [3.8, 4) is 0 Å². The minimum Gasteiger partial charge on any atom is -0.343 e. The highest BCUT2D eigenvalue weighted by atomic mass is 79.9. The number of aryl methyl sites for hydroxylation is 2. The zero-order chi connectivity index (χ0) is 14.7. The van der Waals surface area contributed by atoms with Crippen LogP contribution in [0.15, 0.2) is 28.9 Å². The first-order chi connectivity index (χ1) is 9.49. The normalized spacial score (nSPS) is 12.2. The number of halogens is 1. The number of amides is 1. The Kier molecular flexibility index (Phi) is 4.94. The maximum atomic E-state index is 12.3. The Morgan fingerprint density at radius 3 is 2.80 bits per heavy atom. The highest BCUT2D eigenvalue weighted by Crippen LogP contribution is 2.21. The van der Waals surface area contributed by atoms with Crippen LogP contribution in [0, 0.1) is 6.92 Å². The fourth-order valence-corrected chi connectivity index (χ4v) is 3.36. The number of carbonyl (C=O) groups is 1. The van der Waals surface area contributed by atoms with Crippen molar-refractivity contribution < 1.29 is 4.79 Å². The molecule has 1 aromatic heterocycles. The van der Waals surface area contributed by atoms with Crippen LogP contribution in [0.25, 0.3) is 0 Å². The van der Waals surface area contributed by atoms with Crippen LogP contribution in [0.1, 0.15) is 45.7 Å². The second kappa shape index (κ2) is 6.50. The molecule has 0 aliphatic heterocycles. The minimum absolute atomic E-state index is 0.0739. The van der Waals surface area contributed by atoms with Crippen molar-refractivity contribution >= 4 is 33.2 Å². The maximum Gasteiger partial charge on any atom is 0.251 e. The molecule has 5 heteroatoms. The lowest BCUT2D eigenvalue weighted by atomic mass is 10.1. The highest BCUT2D eigenvalue weighted by Gasteiger charge is 2.15. The van der Waals surface area contributed by atoms with E-state index in [0.717, 1.165) is 21.5 Å². The lowest BCUT2D eigenvalue weighted by Gasteiger charge is -2.12. The average molecular weight is 353 g/mol. The second-order valence-corrected chi connectivity index (χ2v) is 6.79. The number of aromatic nitrogens is 1. The van der Waals surface area contributed by atoms with Crippen LogP contribution in [0.2, 0.25) is 0 Å². The minimum atomic E-state index is -0.0768. The van der Waals surface area contributed by atoms with Gasteiger partial charge in [-0.15, -0.1) is 11.3 Å². The lowest BCUT2D eigenvalue weighted by Crippen LogP contribution is -2.26. The van der Waals surface area contributed by atoms with Crippen molar-refractivity contribution in [2.24, 2.45) is 0 Å². The van der Waals surface area contributed by atoms with Crippen LogP contribution in [0.3, 0.4) is 0 Å². The quantitative estimate of drug-likeness (QED) is 0.892. The molecule has 1 heterocycles. The van der Waals surface area contributed by atoms with Crippen LogP contribution >= 0.6 is 27.3 Å². The Hall–Kier alpha value is -1.20. The maximum absolute atomic E-state index is 12.3. The average Bonchev–Trinajstić information content (AvgIpc) is 2.86. The summed E-state index contributed by atoms with van der Waals surface area (Å²) in [6.45, 7) is 6.03. The number of rotatable bonds is 4. The summed E-state index contributed by atoms with van der Waals surface area (Å²) in [5.41, 5.74) is 1.72. The molecule has 0 spiro atoms. The topological polar surface area (TPSA) is 42.0 Å². The Balaban J connectivity index is 2.10. The largest absolute Gasteiger partial charge is 0.343 e. The van der Waals surface area contributed by atoms with E-state index in [1.165, 1.54) is 4.88 Å². The molecule has 1 N–H and O–H groups in total. The third-order valence-corrected chi connectivity index (χ3v) is 4.72. The van der Waals surface area contributed by atoms with Gasteiger partial charge in [0.05, 0.1) is 6.04 Å². The van der Waals surface area contributed by atoms with E-state index in [1.807, 2.05) is 38.2 Å². The molecular formula is C15H17BrN2OS. The predicted octanol–water partition coefficient (Wildman–Crippen LogP) is 4.27. The van der Waals surface area contributed by atoms with E-state index >= 15 is 0 Å². The van der Waals surface area contributed by atoms with Crippen molar-refractivity contribution in [2.75, 3.05) is 0 Å². The van der Waals surface area contributed by atoms with E-state index < -0.39 is 0 Å². The fourth-order valence-electron chi connectivity index (χ4n) is 1.90. The molecule has 0 bridgehead atoms. The van der Waals surface area contributed by atoms with Gasteiger partial charge < -0.3 is 5.32 Å². The third kappa shape index (κ3) is 3.67. The summed E-state index contributed by atoms with van der Waals surface area (Å²) >= 11 is 5.06. The number of hydrogen-bond donors (Lipinski definition) is 1. The SMILES string of the molecule is CCc1cnc(C(C)NC(=O)c2cc(C)cc(Br)c2)s1. The summed E-state index contributed by atoms with van der Waals surface area (Å²) < 4.78 is 0.915. The summed E-state index contributed by atoms with van der Waals surface area (Å²) in [4.78, 5) is 17.9. The first-order valence-electron chi connectivity index (χ1n) is 6.52. The fraction of sp³-hybridized carbons (Fsp3) is 0.333. The molecule has 0 aliphatic rings. The number of benzene rings is 1. The molecule has 3 nitrogen and oxygen atoms in total. The molecule has 0 radical (unpaired) electrons. The number of hydrogen-bond acceptors (Lipinski definition) is 3. The number of thiazole rings is 1. The van der Waals surface area contributed by atoms with Crippen LogP contribution in [0.5, 0.6) is 0 Å². The van der Waals surface area contributed by atoms with Gasteiger partial charge in [-0.25, -0.2) is 4.98 Å². The second-order valence-electron chi connectivity index (χ2n) is 4.73. The third-order valence-electron chi connectivity index (χ3n) is 2.94. The molecule has 0 saturated heterocycles. The molecular weight excluding hydrogens is 336 g/mol. The molecule has 2 aromatic rings. The summed E-state index contributed by atoms with van der Waals surface area (Å²) in [6.07, 6.45) is 2.86. The zero-order valence-corrected chi connectivity index (χ0v) is 14.1. The molecule has 0 fully saturated rings. The van der Waals surface area contributed by atoms with Gasteiger partial charge in [0.2, 0.25) is 0 Å². The summed E-state index contributed by atoms with van der Waals surface area (Å²) in [5.74, 6) is -0.0739. The van der Waals surface area contributed by atoms with E-state index in [4.69, 9.17) is 0 Å². The van der Waals surface area contributed by atoms with Gasteiger partial charge in [0.1, 0.15) is 5.01 Å². The first-order valence-corrected chi connectivity index (χ1v) is 8.13. The smallest absolute Gasteiger partial charge is 0.251 e. The van der Waals surface area contributed by atoms with Crippen LogP contribution < -0.4 is 5.32 Å². The van der Waals surface area contributed by atoms with Crippen molar-refractivity contribution in [3.63, 3.8) is 0 Å². The van der Waals surface area contributed by atoms with Gasteiger partial charge in [0.25, 0.3) is 5.91 Å². The standard InChI is InChI=1S/C15H17BrN2OS/c1-4-13-8-17-15(20-13)10(3)18-14(19)11-5-9(2)6-12(16)7-11/h5-8,10H,4H2,1-3H3,(H,18,19). The zero-order valence-electron chi connectivity index (χ0n) is 11.7. The molecule has 1 unspecified atom stereocenters. The Labute approximate surface area is 131 Å². The molecule has 1 amide bonds. The highest BCUT2D eigenvalue weighted by molar-refractivity contribution is 9.10. The van der Waals surface area contributed by atoms with Crippen molar-refractivity contribution in [2.45, 2.75) is 33.2 Å². The number of nitrogens with zero attached hydrogens (tertiary/aromatic N) is 1. The van der Waals surface area contributed by atoms with Gasteiger partial charge in [-0.2, -0.15) is 0 Å². The first kappa shape index (κ1) is 15.2. The van der Waals surface area contributed by atoms with Crippen LogP contribution in [-0.2, 0) is 6.42 Å². The van der Waals surface area contributed by atoms with Gasteiger partial charge in [-0.1, -0.05) is 22.9 Å². The Morgan fingerprint density at radius 2 is 2.20 bits per heavy atom. The molecule has 2 rings (SSSR count). The van der Waals surface area contributed by atoms with Gasteiger partial charge in [-0.3, -0.25) is 4.79 Å². The molecule has 0 aliphatic carbocycles. The molecule has 1 aromatic carbocycles. The molecule has 106 valence electrons.